The van der Waals surface area contributed by atoms with Crippen molar-refractivity contribution in [3.8, 4) is 0 Å². The van der Waals surface area contributed by atoms with E-state index in [2.05, 4.69) is 4.98 Å². The number of hydrogen-bond donors (Lipinski definition) is 1. The number of aromatic amines is 1. The molecule has 11 heavy (non-hydrogen) atoms. The van der Waals surface area contributed by atoms with Crippen LogP contribution in [0.2, 0.25) is 0 Å². The molecule has 0 fully saturated rings. The van der Waals surface area contributed by atoms with Crippen molar-refractivity contribution in [1.82, 2.24) is 4.98 Å². The van der Waals surface area contributed by atoms with E-state index in [0.717, 1.165) is 0 Å². The van der Waals surface area contributed by atoms with Gasteiger partial charge in [-0.05, 0) is 24.4 Å². The van der Waals surface area contributed by atoms with Crippen molar-refractivity contribution >= 4 is 23.3 Å². The van der Waals surface area contributed by atoms with E-state index in [0.29, 0.717) is 11.1 Å². The fraction of sp³-hybridized carbons (Fsp3) is 0. The van der Waals surface area contributed by atoms with Crippen molar-refractivity contribution in [2.75, 3.05) is 0 Å². The zero-order valence-electron chi connectivity index (χ0n) is 5.43. The van der Waals surface area contributed by atoms with Gasteiger partial charge in [0.25, 0.3) is 4.84 Å². The van der Waals surface area contributed by atoms with Gasteiger partial charge in [-0.1, -0.05) is 0 Å². The first kappa shape index (κ1) is 6.54. The maximum absolute atomic E-state index is 12.6. The zero-order valence-corrected chi connectivity index (χ0v) is 6.24. The van der Waals surface area contributed by atoms with E-state index in [1.807, 2.05) is 0 Å². The fourth-order valence-corrected chi connectivity index (χ4v) is 1.12. The summed E-state index contributed by atoms with van der Waals surface area (Å²) in [4.78, 5) is 2.98. The topological polar surface area (TPSA) is 28.9 Å². The van der Waals surface area contributed by atoms with E-state index in [1.54, 1.807) is 0 Å². The Bertz CT molecular complexity index is 445. The lowest BCUT2D eigenvalue weighted by molar-refractivity contribution is 0.582. The number of oxazole rings is 1. The molecule has 0 saturated carbocycles. The number of aromatic nitrogens is 1. The van der Waals surface area contributed by atoms with Gasteiger partial charge >= 0.3 is 0 Å². The van der Waals surface area contributed by atoms with Crippen LogP contribution in [0.3, 0.4) is 0 Å². The zero-order chi connectivity index (χ0) is 7.84. The summed E-state index contributed by atoms with van der Waals surface area (Å²) < 4.78 is 17.6. The first-order valence-electron chi connectivity index (χ1n) is 3.04. The van der Waals surface area contributed by atoms with Gasteiger partial charge in [-0.15, -0.1) is 0 Å². The molecule has 1 aromatic heterocycles. The highest BCUT2D eigenvalue weighted by Gasteiger charge is 1.98. The summed E-state index contributed by atoms with van der Waals surface area (Å²) in [6, 6.07) is 4.21. The number of halogens is 1. The highest BCUT2D eigenvalue weighted by molar-refractivity contribution is 7.71. The Balaban J connectivity index is 2.92. The smallest absolute Gasteiger partial charge is 0.266 e. The van der Waals surface area contributed by atoms with Gasteiger partial charge in [0.05, 0.1) is 5.52 Å². The molecule has 2 rings (SSSR count). The third-order valence-electron chi connectivity index (χ3n) is 1.38. The Morgan fingerprint density at radius 2 is 2.27 bits per heavy atom. The van der Waals surface area contributed by atoms with Crippen LogP contribution in [-0.2, 0) is 0 Å². The molecular weight excluding hydrogens is 165 g/mol. The number of fused-ring (bicyclic) bond motifs is 1. The van der Waals surface area contributed by atoms with Gasteiger partial charge in [0.15, 0.2) is 5.58 Å². The summed E-state index contributed by atoms with van der Waals surface area (Å²) in [6.45, 7) is 0. The Kier molecular flexibility index (Phi) is 1.29. The van der Waals surface area contributed by atoms with Crippen LogP contribution in [0, 0.1) is 10.7 Å². The first-order valence-corrected chi connectivity index (χ1v) is 3.45. The van der Waals surface area contributed by atoms with E-state index in [-0.39, 0.29) is 10.7 Å². The fourth-order valence-electron chi connectivity index (χ4n) is 0.924. The van der Waals surface area contributed by atoms with E-state index in [1.165, 1.54) is 18.2 Å². The standard InChI is InChI=1S/C7H4FNOS/c8-4-1-2-6-5(3-4)9-7(11)10-6/h1-3H,(H,9,11). The summed E-state index contributed by atoms with van der Waals surface area (Å²) in [5.74, 6) is -0.301. The molecule has 1 aromatic carbocycles. The molecule has 0 amide bonds. The maximum atomic E-state index is 12.6. The van der Waals surface area contributed by atoms with Gasteiger partial charge in [-0.25, -0.2) is 4.39 Å². The van der Waals surface area contributed by atoms with Gasteiger partial charge < -0.3 is 9.40 Å². The summed E-state index contributed by atoms with van der Waals surface area (Å²) >= 11 is 4.71. The van der Waals surface area contributed by atoms with Crippen molar-refractivity contribution in [2.45, 2.75) is 0 Å². The quantitative estimate of drug-likeness (QED) is 0.614. The Morgan fingerprint density at radius 3 is 3.09 bits per heavy atom. The van der Waals surface area contributed by atoms with Gasteiger partial charge in [-0.2, -0.15) is 0 Å². The predicted octanol–water partition coefficient (Wildman–Crippen LogP) is 2.63. The lowest BCUT2D eigenvalue weighted by atomic mass is 10.3. The summed E-state index contributed by atoms with van der Waals surface area (Å²) in [6.07, 6.45) is 0. The molecule has 0 atom stereocenters. The van der Waals surface area contributed by atoms with E-state index in [9.17, 15) is 4.39 Å². The molecule has 2 nitrogen and oxygen atoms in total. The average Bonchev–Trinajstić information content (AvgIpc) is 2.27. The molecule has 0 bridgehead atoms. The van der Waals surface area contributed by atoms with E-state index < -0.39 is 0 Å². The lowest BCUT2D eigenvalue weighted by Gasteiger charge is -1.85. The molecule has 0 aliphatic rings. The second-order valence-electron chi connectivity index (χ2n) is 2.16. The van der Waals surface area contributed by atoms with E-state index in [4.69, 9.17) is 16.6 Å². The minimum atomic E-state index is -0.301. The number of nitrogens with one attached hydrogen (secondary N) is 1. The molecule has 0 spiro atoms. The molecule has 0 aliphatic heterocycles. The van der Waals surface area contributed by atoms with Crippen LogP contribution >= 0.6 is 12.2 Å². The minimum absolute atomic E-state index is 0.269. The summed E-state index contributed by atoms with van der Waals surface area (Å²) in [5, 5.41) is 0. The lowest BCUT2D eigenvalue weighted by Crippen LogP contribution is -1.71. The number of benzene rings is 1. The van der Waals surface area contributed by atoms with Gasteiger partial charge in [0, 0.05) is 6.07 Å². The Morgan fingerprint density at radius 1 is 1.45 bits per heavy atom. The average molecular weight is 169 g/mol. The monoisotopic (exact) mass is 169 g/mol. The molecule has 2 aromatic rings. The van der Waals surface area contributed by atoms with Crippen molar-refractivity contribution in [2.24, 2.45) is 0 Å². The molecule has 0 saturated heterocycles. The SMILES string of the molecule is Fc1ccc2oc(=S)[nH]c2c1. The number of rotatable bonds is 0. The van der Waals surface area contributed by atoms with Crippen molar-refractivity contribution in [3.05, 3.63) is 28.9 Å². The molecular formula is C7H4FNOS. The van der Waals surface area contributed by atoms with Gasteiger partial charge in [0.2, 0.25) is 0 Å². The van der Waals surface area contributed by atoms with Gasteiger partial charge in [-0.3, -0.25) is 0 Å². The molecule has 0 aliphatic carbocycles. The second-order valence-corrected chi connectivity index (χ2v) is 2.53. The number of hydrogen-bond acceptors (Lipinski definition) is 2. The summed E-state index contributed by atoms with van der Waals surface area (Å²) in [7, 11) is 0. The molecule has 1 heterocycles. The molecule has 1 N–H and O–H groups in total. The highest BCUT2D eigenvalue weighted by atomic mass is 32.1. The van der Waals surface area contributed by atoms with Crippen LogP contribution in [0.1, 0.15) is 0 Å². The maximum Gasteiger partial charge on any atom is 0.266 e. The molecule has 0 radical (unpaired) electrons. The van der Waals surface area contributed by atoms with Crippen molar-refractivity contribution < 1.29 is 8.81 Å². The minimum Gasteiger partial charge on any atom is -0.429 e. The summed E-state index contributed by atoms with van der Waals surface area (Å²) in [5.41, 5.74) is 1.17. The Hall–Kier alpha value is -1.16. The van der Waals surface area contributed by atoms with Crippen LogP contribution in [0.4, 0.5) is 4.39 Å². The largest absolute Gasteiger partial charge is 0.429 e. The van der Waals surface area contributed by atoms with Crippen LogP contribution in [-0.4, -0.2) is 4.98 Å². The van der Waals surface area contributed by atoms with Crippen LogP contribution in [0.5, 0.6) is 0 Å². The van der Waals surface area contributed by atoms with Crippen LogP contribution in [0.15, 0.2) is 22.6 Å². The third kappa shape index (κ3) is 1.05. The van der Waals surface area contributed by atoms with Gasteiger partial charge in [0.1, 0.15) is 5.82 Å². The Labute approximate surface area is 66.7 Å². The van der Waals surface area contributed by atoms with Crippen molar-refractivity contribution in [3.63, 3.8) is 0 Å². The van der Waals surface area contributed by atoms with Crippen molar-refractivity contribution in [1.29, 1.82) is 0 Å². The molecule has 4 heteroatoms. The normalized spacial score (nSPS) is 10.6. The molecule has 56 valence electrons. The second kappa shape index (κ2) is 2.17. The first-order chi connectivity index (χ1) is 5.25. The van der Waals surface area contributed by atoms with Crippen LogP contribution < -0.4 is 0 Å². The number of H-pyrrole nitrogens is 1. The predicted molar refractivity (Wildman–Crippen MR) is 41.4 cm³/mol. The van der Waals surface area contributed by atoms with E-state index >= 15 is 0 Å². The highest BCUT2D eigenvalue weighted by Crippen LogP contribution is 2.13. The molecule has 0 unspecified atom stereocenters. The third-order valence-corrected chi connectivity index (χ3v) is 1.57. The van der Waals surface area contributed by atoms with Crippen LogP contribution in [0.25, 0.3) is 11.1 Å².